The second-order valence-electron chi connectivity index (χ2n) is 12.5. The van der Waals surface area contributed by atoms with Gasteiger partial charge < -0.3 is 24.8 Å². The SMILES string of the molecule is CC1=C(c2cccc3ccccc23)c2c3cccc2[CH]1[Hf+2][CH]1C(C)=C(c2cccc4ccccc24)c2c(cccc21)CC3.[Cl-].[Cl-]. The number of halogens is 2. The average molecular weight is 786 g/mol. The van der Waals surface area contributed by atoms with E-state index in [0.717, 1.165) is 12.8 Å². The van der Waals surface area contributed by atoms with Crippen LogP contribution in [-0.4, -0.2) is 0 Å². The molecule has 3 heteroatoms. The molecule has 45 heavy (non-hydrogen) atoms. The molecular weight excluding hydrogens is 754 g/mol. The third-order valence-electron chi connectivity index (χ3n) is 10.3. The molecule has 2 unspecified atom stereocenters. The van der Waals surface area contributed by atoms with Gasteiger partial charge in [-0.05, 0) is 0 Å². The smallest absolute Gasteiger partial charge is 1.00 e. The maximum absolute atomic E-state index is 2.48. The molecule has 0 spiro atoms. The van der Waals surface area contributed by atoms with Crippen molar-refractivity contribution >= 4 is 32.7 Å². The van der Waals surface area contributed by atoms with E-state index >= 15 is 0 Å². The second kappa shape index (κ2) is 11.8. The minimum absolute atomic E-state index is 0. The minimum atomic E-state index is -1.34. The van der Waals surface area contributed by atoms with Crippen molar-refractivity contribution in [3.63, 3.8) is 0 Å². The summed E-state index contributed by atoms with van der Waals surface area (Å²) in [4.78, 5) is 0. The molecule has 2 atom stereocenters. The first-order valence-corrected chi connectivity index (χ1v) is 19.7. The first-order valence-electron chi connectivity index (χ1n) is 15.6. The van der Waals surface area contributed by atoms with E-state index in [9.17, 15) is 0 Å². The van der Waals surface area contributed by atoms with Gasteiger partial charge in [0, 0.05) is 0 Å². The Balaban J connectivity index is 0.00000163. The molecule has 0 fully saturated rings. The van der Waals surface area contributed by atoms with Gasteiger partial charge in [0.05, 0.1) is 0 Å². The Morgan fingerprint density at radius 2 is 0.867 bits per heavy atom. The number of aryl methyl sites for hydroxylation is 2. The Kier molecular flexibility index (Phi) is 8.01. The van der Waals surface area contributed by atoms with Crippen LogP contribution in [0.1, 0.15) is 65.7 Å². The van der Waals surface area contributed by atoms with E-state index in [1.807, 2.05) is 0 Å². The van der Waals surface area contributed by atoms with Gasteiger partial charge in [0.15, 0.2) is 0 Å². The van der Waals surface area contributed by atoms with E-state index in [-0.39, 0.29) is 24.8 Å². The van der Waals surface area contributed by atoms with Crippen LogP contribution in [0.2, 0.25) is 0 Å². The van der Waals surface area contributed by atoms with Gasteiger partial charge in [-0.15, -0.1) is 0 Å². The van der Waals surface area contributed by atoms with E-state index < -0.39 is 22.9 Å². The van der Waals surface area contributed by atoms with Crippen LogP contribution in [0.4, 0.5) is 0 Å². The molecule has 1 aliphatic heterocycles. The molecule has 0 saturated carbocycles. The third kappa shape index (κ3) is 4.57. The minimum Gasteiger partial charge on any atom is -1.00 e. The molecule has 9 rings (SSSR count). The third-order valence-corrected chi connectivity index (χ3v) is 18.0. The van der Waals surface area contributed by atoms with Crippen LogP contribution >= 0.6 is 0 Å². The fourth-order valence-electron chi connectivity index (χ4n) is 8.34. The Morgan fingerprint density at radius 3 is 1.33 bits per heavy atom. The van der Waals surface area contributed by atoms with E-state index in [1.54, 1.807) is 33.4 Å². The Hall–Kier alpha value is -3.23. The molecular formula is C42H32Cl2Hf. The van der Waals surface area contributed by atoms with Crippen LogP contribution in [0.25, 0.3) is 32.7 Å². The molecule has 8 bridgehead atoms. The molecule has 0 nitrogen and oxygen atoms in total. The van der Waals surface area contributed by atoms with Crippen LogP contribution in [-0.2, 0) is 35.7 Å². The molecule has 0 amide bonds. The molecule has 3 aliphatic rings. The van der Waals surface area contributed by atoms with Gasteiger partial charge in [-0.3, -0.25) is 0 Å². The zero-order valence-electron chi connectivity index (χ0n) is 25.4. The fraction of sp³-hybridized carbons (Fsp3) is 0.143. The van der Waals surface area contributed by atoms with Crippen LogP contribution in [0.5, 0.6) is 0 Å². The quantitative estimate of drug-likeness (QED) is 0.225. The van der Waals surface area contributed by atoms with Gasteiger partial charge in [-0.25, -0.2) is 0 Å². The van der Waals surface area contributed by atoms with Crippen LogP contribution in [0.3, 0.4) is 0 Å². The summed E-state index contributed by atoms with van der Waals surface area (Å²) in [5.74, 6) is 0. The summed E-state index contributed by atoms with van der Waals surface area (Å²) in [6.45, 7) is 4.95. The summed E-state index contributed by atoms with van der Waals surface area (Å²) in [5.41, 5.74) is 18.5. The predicted molar refractivity (Wildman–Crippen MR) is 177 cm³/mol. The van der Waals surface area contributed by atoms with E-state index in [2.05, 4.69) is 135 Å². The molecule has 0 N–H and O–H groups in total. The van der Waals surface area contributed by atoms with Crippen molar-refractivity contribution in [3.05, 3.63) is 177 Å². The summed E-state index contributed by atoms with van der Waals surface area (Å²) in [6, 6.07) is 46.2. The van der Waals surface area contributed by atoms with Crippen molar-refractivity contribution in [2.45, 2.75) is 34.0 Å². The van der Waals surface area contributed by atoms with E-state index in [1.165, 1.54) is 54.9 Å². The fourth-order valence-corrected chi connectivity index (χ4v) is 15.4. The summed E-state index contributed by atoms with van der Waals surface area (Å²) >= 11 is -1.34. The van der Waals surface area contributed by atoms with Crippen LogP contribution in [0, 0.1) is 0 Å². The first kappa shape index (κ1) is 30.4. The van der Waals surface area contributed by atoms with E-state index in [4.69, 9.17) is 0 Å². The molecule has 0 aromatic heterocycles. The monoisotopic (exact) mass is 786 g/mol. The summed E-state index contributed by atoms with van der Waals surface area (Å²) < 4.78 is 1.18. The van der Waals surface area contributed by atoms with Gasteiger partial charge in [0.25, 0.3) is 0 Å². The number of benzene rings is 6. The molecule has 6 aromatic carbocycles. The zero-order chi connectivity index (χ0) is 28.7. The molecule has 0 saturated heterocycles. The largest absolute Gasteiger partial charge is 1.00 e. The second-order valence-corrected chi connectivity index (χ2v) is 17.8. The van der Waals surface area contributed by atoms with Crippen molar-refractivity contribution in [2.75, 3.05) is 0 Å². The van der Waals surface area contributed by atoms with Crippen molar-refractivity contribution in [3.8, 4) is 0 Å². The summed E-state index contributed by atoms with van der Waals surface area (Å²) in [6.07, 6.45) is 2.13. The number of fused-ring (bicyclic) bond motifs is 2. The summed E-state index contributed by atoms with van der Waals surface area (Å²) in [7, 11) is 0. The normalized spacial score (nSPS) is 17.7. The maximum Gasteiger partial charge on any atom is -1.00 e. The van der Waals surface area contributed by atoms with Gasteiger partial charge in [-0.1, -0.05) is 0 Å². The molecule has 6 aromatic rings. The molecule has 218 valence electrons. The Labute approximate surface area is 289 Å². The van der Waals surface area contributed by atoms with Crippen LogP contribution < -0.4 is 24.8 Å². The molecule has 0 radical (unpaired) electrons. The topological polar surface area (TPSA) is 0 Å². The number of rotatable bonds is 2. The summed E-state index contributed by atoms with van der Waals surface area (Å²) in [5, 5.41) is 5.42. The van der Waals surface area contributed by atoms with Crippen molar-refractivity contribution < 1.29 is 47.7 Å². The van der Waals surface area contributed by atoms with Gasteiger partial charge in [-0.2, -0.15) is 0 Å². The molecule has 1 heterocycles. The van der Waals surface area contributed by atoms with Gasteiger partial charge in [0.1, 0.15) is 0 Å². The van der Waals surface area contributed by atoms with Crippen LogP contribution in [0.15, 0.2) is 132 Å². The Bertz CT molecular complexity index is 2040. The van der Waals surface area contributed by atoms with Gasteiger partial charge in [0.2, 0.25) is 0 Å². The first-order chi connectivity index (χ1) is 21.2. The number of hydrogen-bond acceptors (Lipinski definition) is 0. The Morgan fingerprint density at radius 1 is 0.467 bits per heavy atom. The molecule has 2 aliphatic carbocycles. The van der Waals surface area contributed by atoms with Gasteiger partial charge >= 0.3 is 267 Å². The maximum atomic E-state index is 2.48. The standard InChI is InChI=1S/C42H32.2ClH.Hf/c1-27-25-33-17-7-15-31(41(33)39(27)37-21-9-13-29-11-3-5-19-35(29)37)23-24-32-16-8-18-34-26-28(2)40(42(32)34)38-22-10-14-30-12-4-6-20-36(30)38;;;/h3-22,25-26H,23-24H2,1-2H3;2*1H;/q;;;+2/p-2. The predicted octanol–water partition coefficient (Wildman–Crippen LogP) is 4.64. The van der Waals surface area contributed by atoms with Crippen molar-refractivity contribution in [2.24, 2.45) is 0 Å². The van der Waals surface area contributed by atoms with Crippen molar-refractivity contribution in [1.29, 1.82) is 0 Å². The van der Waals surface area contributed by atoms with E-state index in [0.29, 0.717) is 7.35 Å². The average Bonchev–Trinajstić information content (AvgIpc) is 3.49. The number of hydrogen-bond donors (Lipinski definition) is 0. The number of allylic oxidation sites excluding steroid dienone is 2. The van der Waals surface area contributed by atoms with Crippen molar-refractivity contribution in [1.82, 2.24) is 0 Å². The zero-order valence-corrected chi connectivity index (χ0v) is 30.5.